The van der Waals surface area contributed by atoms with E-state index < -0.39 is 17.4 Å². The number of hydrogen-bond donors (Lipinski definition) is 1. The third-order valence-electron chi connectivity index (χ3n) is 8.51. The summed E-state index contributed by atoms with van der Waals surface area (Å²) in [5.41, 5.74) is 0.540. The zero-order valence-electron chi connectivity index (χ0n) is 24.0. The van der Waals surface area contributed by atoms with E-state index >= 15 is 0 Å². The maximum atomic E-state index is 14.8. The Kier molecular flexibility index (Phi) is 8.54. The molecule has 0 saturated carbocycles. The summed E-state index contributed by atoms with van der Waals surface area (Å²) in [6, 6.07) is 1.26. The monoisotopic (exact) mass is 551 g/mol. The predicted octanol–water partition coefficient (Wildman–Crippen LogP) is 3.76. The molecule has 4 rings (SSSR count). The van der Waals surface area contributed by atoms with Gasteiger partial charge in [0.05, 0.1) is 25.4 Å². The Labute approximate surface area is 230 Å². The fourth-order valence-electron chi connectivity index (χ4n) is 6.26. The van der Waals surface area contributed by atoms with Crippen LogP contribution in [0.25, 0.3) is 0 Å². The number of ether oxygens (including phenoxy) is 1. The minimum Gasteiger partial charge on any atom is -0.465 e. The number of anilines is 1. The van der Waals surface area contributed by atoms with Gasteiger partial charge in [-0.25, -0.2) is 4.79 Å². The summed E-state index contributed by atoms with van der Waals surface area (Å²) in [6.45, 7) is 14.7. The van der Waals surface area contributed by atoms with Crippen molar-refractivity contribution in [3.8, 4) is 0 Å². The van der Waals surface area contributed by atoms with Crippen molar-refractivity contribution in [3.63, 3.8) is 0 Å². The third-order valence-corrected chi connectivity index (χ3v) is 8.51. The van der Waals surface area contributed by atoms with Crippen molar-refractivity contribution in [3.05, 3.63) is 23.5 Å². The molecule has 2 amide bonds. The molecule has 218 valence electrons. The lowest BCUT2D eigenvalue weighted by atomic mass is 9.88. The normalized spacial score (nSPS) is 28.0. The quantitative estimate of drug-likeness (QED) is 0.552. The number of pyridine rings is 1. The van der Waals surface area contributed by atoms with Gasteiger partial charge in [-0.1, -0.05) is 27.2 Å². The van der Waals surface area contributed by atoms with Gasteiger partial charge in [0, 0.05) is 73.9 Å². The van der Waals surface area contributed by atoms with Crippen molar-refractivity contribution >= 4 is 17.7 Å². The van der Waals surface area contributed by atoms with Crippen LogP contribution in [0.1, 0.15) is 65.6 Å². The second-order valence-electron chi connectivity index (χ2n) is 12.2. The molecule has 0 aromatic carbocycles. The van der Waals surface area contributed by atoms with Gasteiger partial charge in [0.25, 0.3) is 5.92 Å². The van der Waals surface area contributed by atoms with Crippen molar-refractivity contribution < 1.29 is 28.2 Å². The predicted molar refractivity (Wildman–Crippen MR) is 144 cm³/mol. The van der Waals surface area contributed by atoms with E-state index in [2.05, 4.69) is 28.6 Å². The first-order chi connectivity index (χ1) is 18.2. The highest BCUT2D eigenvalue weighted by molar-refractivity contribution is 5.97. The highest BCUT2D eigenvalue weighted by atomic mass is 19.3. The molecule has 0 aliphatic carbocycles. The maximum absolute atomic E-state index is 14.8. The van der Waals surface area contributed by atoms with Crippen LogP contribution in [0.5, 0.6) is 0 Å². The molecular formula is C28H43F2N5O4. The minimum absolute atomic E-state index is 0.0775. The summed E-state index contributed by atoms with van der Waals surface area (Å²) in [7, 11) is 0. The van der Waals surface area contributed by atoms with Crippen LogP contribution in [0.3, 0.4) is 0 Å². The molecule has 11 heteroatoms. The lowest BCUT2D eigenvalue weighted by Crippen LogP contribution is -2.64. The van der Waals surface area contributed by atoms with Crippen LogP contribution in [0.4, 0.5) is 19.3 Å². The zero-order chi connectivity index (χ0) is 28.7. The molecule has 2 saturated heterocycles. The second kappa shape index (κ2) is 11.2. The molecule has 9 nitrogen and oxygen atoms in total. The van der Waals surface area contributed by atoms with E-state index in [0.29, 0.717) is 51.5 Å². The van der Waals surface area contributed by atoms with Crippen molar-refractivity contribution in [1.82, 2.24) is 19.7 Å². The fraction of sp³-hybridized carbons (Fsp3) is 0.750. The van der Waals surface area contributed by atoms with Crippen LogP contribution in [0.15, 0.2) is 12.3 Å². The number of piperazine rings is 1. The van der Waals surface area contributed by atoms with Gasteiger partial charge in [-0.3, -0.25) is 19.6 Å². The molecule has 0 spiro atoms. The number of hydrogen-bond acceptors (Lipinski definition) is 6. The van der Waals surface area contributed by atoms with E-state index in [1.165, 1.54) is 17.2 Å². The topological polar surface area (TPSA) is 89.5 Å². The Hall–Kier alpha value is -2.37. The first-order valence-electron chi connectivity index (χ1n) is 14.0. The maximum Gasteiger partial charge on any atom is 0.407 e. The SMILES string of the molecule is CCCC(F)(F)c1cc2c(cn1)C(C)(C)CN2C(=O)CN1C[C@@H](C)N(C(=O)O)C[C@@H]1CN1[C@H](C)COC[C@H]1C. The lowest BCUT2D eigenvalue weighted by Gasteiger charge is -2.48. The van der Waals surface area contributed by atoms with Gasteiger partial charge < -0.3 is 19.6 Å². The summed E-state index contributed by atoms with van der Waals surface area (Å²) >= 11 is 0. The van der Waals surface area contributed by atoms with Crippen molar-refractivity contribution in [1.29, 1.82) is 0 Å². The molecule has 1 N–H and O–H groups in total. The molecule has 39 heavy (non-hydrogen) atoms. The van der Waals surface area contributed by atoms with Gasteiger partial charge in [0.15, 0.2) is 0 Å². The summed E-state index contributed by atoms with van der Waals surface area (Å²) in [5, 5.41) is 9.81. The Morgan fingerprint density at radius 2 is 1.82 bits per heavy atom. The average Bonchev–Trinajstić information content (AvgIpc) is 3.12. The van der Waals surface area contributed by atoms with Crippen LogP contribution in [0, 0.1) is 0 Å². The molecule has 1 aromatic heterocycles. The zero-order valence-corrected chi connectivity index (χ0v) is 24.0. The number of nitrogens with zero attached hydrogens (tertiary/aromatic N) is 5. The van der Waals surface area contributed by atoms with Crippen molar-refractivity contribution in [2.45, 2.75) is 89.9 Å². The Bertz CT molecular complexity index is 1060. The number of fused-ring (bicyclic) bond motifs is 1. The van der Waals surface area contributed by atoms with E-state index in [4.69, 9.17) is 4.74 Å². The lowest BCUT2D eigenvalue weighted by molar-refractivity contribution is -0.122. The van der Waals surface area contributed by atoms with Gasteiger partial charge in [0.1, 0.15) is 5.69 Å². The van der Waals surface area contributed by atoms with Crippen LogP contribution >= 0.6 is 0 Å². The Morgan fingerprint density at radius 3 is 2.44 bits per heavy atom. The summed E-state index contributed by atoms with van der Waals surface area (Å²) < 4.78 is 35.2. The number of alkyl halides is 2. The van der Waals surface area contributed by atoms with Gasteiger partial charge in [0.2, 0.25) is 5.91 Å². The second-order valence-corrected chi connectivity index (χ2v) is 12.2. The molecule has 0 radical (unpaired) electrons. The fourth-order valence-corrected chi connectivity index (χ4v) is 6.26. The van der Waals surface area contributed by atoms with Gasteiger partial charge in [-0.15, -0.1) is 0 Å². The number of carbonyl (C=O) groups excluding carboxylic acids is 1. The molecule has 4 heterocycles. The number of amides is 2. The number of carbonyl (C=O) groups is 2. The standard InChI is InChI=1S/C28H43F2N5O4/c1-7-8-28(29,30)24-9-23-22(10-31-24)27(5,6)17-35(23)25(36)14-32-11-18(2)34(26(37)38)13-21(32)12-33-19(3)15-39-16-20(33)4/h9-10,18-21H,7-8,11-17H2,1-6H3,(H,37,38)/t18-,19-,20-,21+/m1/s1. The van der Waals surface area contributed by atoms with Gasteiger partial charge in [-0.2, -0.15) is 8.78 Å². The highest BCUT2D eigenvalue weighted by Crippen LogP contribution is 2.43. The molecule has 4 atom stereocenters. The van der Waals surface area contributed by atoms with Crippen LogP contribution in [0.2, 0.25) is 0 Å². The molecular weight excluding hydrogens is 508 g/mol. The molecule has 1 aromatic rings. The number of morpholine rings is 1. The number of halogens is 2. The van der Waals surface area contributed by atoms with E-state index in [-0.39, 0.29) is 48.7 Å². The number of rotatable bonds is 7. The van der Waals surface area contributed by atoms with Crippen LogP contribution < -0.4 is 4.90 Å². The van der Waals surface area contributed by atoms with Crippen LogP contribution in [-0.2, 0) is 20.9 Å². The third kappa shape index (κ3) is 6.05. The Balaban J connectivity index is 1.59. The molecule has 3 aliphatic heterocycles. The van der Waals surface area contributed by atoms with Crippen molar-refractivity contribution in [2.24, 2.45) is 0 Å². The smallest absolute Gasteiger partial charge is 0.407 e. The van der Waals surface area contributed by atoms with E-state index in [1.54, 1.807) is 11.8 Å². The Morgan fingerprint density at radius 1 is 1.15 bits per heavy atom. The average molecular weight is 552 g/mol. The largest absolute Gasteiger partial charge is 0.465 e. The van der Waals surface area contributed by atoms with E-state index in [9.17, 15) is 23.5 Å². The molecule has 3 aliphatic rings. The van der Waals surface area contributed by atoms with Gasteiger partial charge >= 0.3 is 6.09 Å². The summed E-state index contributed by atoms with van der Waals surface area (Å²) in [6.07, 6.45) is 0.549. The van der Waals surface area contributed by atoms with Crippen molar-refractivity contribution in [2.75, 3.05) is 50.8 Å². The van der Waals surface area contributed by atoms with E-state index in [0.717, 1.165) is 5.56 Å². The summed E-state index contributed by atoms with van der Waals surface area (Å²) in [5.74, 6) is -3.24. The number of aromatic nitrogens is 1. The van der Waals surface area contributed by atoms with Crippen LogP contribution in [-0.4, -0.2) is 107 Å². The first-order valence-corrected chi connectivity index (χ1v) is 14.0. The summed E-state index contributed by atoms with van der Waals surface area (Å²) in [4.78, 5) is 37.4. The molecule has 2 fully saturated rings. The van der Waals surface area contributed by atoms with Gasteiger partial charge in [-0.05, 0) is 26.8 Å². The molecule has 0 bridgehead atoms. The first kappa shape index (κ1) is 29.6. The minimum atomic E-state index is -3.07. The van der Waals surface area contributed by atoms with E-state index in [1.807, 2.05) is 20.8 Å². The molecule has 0 unspecified atom stereocenters. The highest BCUT2D eigenvalue weighted by Gasteiger charge is 2.43. The number of carboxylic acid groups (broad SMARTS) is 1.